The van der Waals surface area contributed by atoms with Gasteiger partial charge in [0, 0.05) is 16.6 Å². The normalized spacial score (nSPS) is 14.3. The number of phenols is 1. The van der Waals surface area contributed by atoms with Crippen LogP contribution in [0.25, 0.3) is 15.9 Å². The van der Waals surface area contributed by atoms with E-state index in [1.165, 1.54) is 34.9 Å². The van der Waals surface area contributed by atoms with Crippen molar-refractivity contribution in [1.29, 1.82) is 0 Å². The molecular weight excluding hydrogens is 479 g/mol. The van der Waals surface area contributed by atoms with Gasteiger partial charge in [-0.25, -0.2) is 9.37 Å². The molecule has 10 heteroatoms. The highest BCUT2D eigenvalue weighted by Crippen LogP contribution is 2.36. The number of aryl methyl sites for hydroxylation is 2. The van der Waals surface area contributed by atoms with Crippen molar-refractivity contribution < 1.29 is 24.2 Å². The molecule has 0 saturated heterocycles. The maximum Gasteiger partial charge on any atom is 0.316 e. The van der Waals surface area contributed by atoms with Gasteiger partial charge in [-0.1, -0.05) is 0 Å². The van der Waals surface area contributed by atoms with Gasteiger partial charge in [-0.2, -0.15) is 0 Å². The number of carbonyl (C=O) groups excluding carboxylic acids is 1. The number of nitrogens with zero attached hydrogens (tertiary/aromatic N) is 2. The number of halogens is 1. The summed E-state index contributed by atoms with van der Waals surface area (Å²) in [6.07, 6.45) is 5.03. The van der Waals surface area contributed by atoms with Gasteiger partial charge in [0.25, 0.3) is 5.56 Å². The number of carboxylic acids is 1. The lowest BCUT2D eigenvalue weighted by molar-refractivity contribution is -0.136. The van der Waals surface area contributed by atoms with Crippen molar-refractivity contribution in [3.63, 3.8) is 0 Å². The highest BCUT2D eigenvalue weighted by atomic mass is 32.2. The zero-order valence-electron chi connectivity index (χ0n) is 18.0. The number of benzene rings is 1. The number of carboxylic acid groups (broad SMARTS) is 1. The minimum absolute atomic E-state index is 0.0147. The predicted molar refractivity (Wildman–Crippen MR) is 128 cm³/mol. The zero-order chi connectivity index (χ0) is 24.1. The third kappa shape index (κ3) is 3.76. The van der Waals surface area contributed by atoms with E-state index >= 15 is 0 Å². The Balaban J connectivity index is 1.78. The molecule has 3 heterocycles. The van der Waals surface area contributed by atoms with Gasteiger partial charge < -0.3 is 10.2 Å². The van der Waals surface area contributed by atoms with Gasteiger partial charge in [0.1, 0.15) is 21.6 Å². The molecule has 1 aromatic carbocycles. The van der Waals surface area contributed by atoms with Gasteiger partial charge in [-0.3, -0.25) is 18.8 Å². The summed E-state index contributed by atoms with van der Waals surface area (Å²) in [7, 11) is 0. The van der Waals surface area contributed by atoms with Crippen LogP contribution in [0.4, 0.5) is 4.39 Å². The van der Waals surface area contributed by atoms with Crippen molar-refractivity contribution in [3.05, 3.63) is 68.2 Å². The molecule has 0 fully saturated rings. The molecule has 2 N–H and O–H groups in total. The highest BCUT2D eigenvalue weighted by molar-refractivity contribution is 8.00. The molecule has 0 spiro atoms. The quantitative estimate of drug-likeness (QED) is 0.310. The fourth-order valence-corrected chi connectivity index (χ4v) is 6.37. The van der Waals surface area contributed by atoms with Crippen LogP contribution >= 0.6 is 23.1 Å². The van der Waals surface area contributed by atoms with E-state index in [-0.39, 0.29) is 22.3 Å². The summed E-state index contributed by atoms with van der Waals surface area (Å²) in [5.74, 6) is -2.84. The van der Waals surface area contributed by atoms with Crippen molar-refractivity contribution >= 4 is 50.7 Å². The SMILES string of the molecule is CC(Sc1cc(C(=O)c2cc(F)ccc2O)cn2c(=O)c3c4c(sc3nc12)CCCC4)C(=O)O. The third-order valence-electron chi connectivity index (χ3n) is 5.91. The molecule has 174 valence electrons. The van der Waals surface area contributed by atoms with Crippen LogP contribution in [-0.2, 0) is 17.6 Å². The molecule has 0 aliphatic heterocycles. The number of fused-ring (bicyclic) bond motifs is 4. The lowest BCUT2D eigenvalue weighted by Crippen LogP contribution is -2.19. The van der Waals surface area contributed by atoms with Gasteiger partial charge in [0.2, 0.25) is 0 Å². The van der Waals surface area contributed by atoms with E-state index in [2.05, 4.69) is 0 Å². The first kappa shape index (κ1) is 22.5. The Morgan fingerprint density at radius 1 is 1.24 bits per heavy atom. The van der Waals surface area contributed by atoms with E-state index < -0.39 is 28.6 Å². The van der Waals surface area contributed by atoms with Crippen LogP contribution in [0.2, 0.25) is 0 Å². The number of aromatic hydroxyl groups is 1. The fraction of sp³-hybridized carbons (Fsp3) is 0.250. The molecule has 1 unspecified atom stereocenters. The maximum absolute atomic E-state index is 13.8. The molecule has 1 aliphatic carbocycles. The number of carbonyl (C=O) groups is 2. The van der Waals surface area contributed by atoms with Crippen molar-refractivity contribution in [2.24, 2.45) is 0 Å². The second-order valence-electron chi connectivity index (χ2n) is 8.18. The molecule has 0 bridgehead atoms. The molecular formula is C24H19FN2O5S2. The average Bonchev–Trinajstić information content (AvgIpc) is 3.19. The largest absolute Gasteiger partial charge is 0.507 e. The Hall–Kier alpha value is -3.24. The lowest BCUT2D eigenvalue weighted by atomic mass is 9.97. The number of aromatic nitrogens is 2. The Bertz CT molecular complexity index is 1560. The summed E-state index contributed by atoms with van der Waals surface area (Å²) >= 11 is 2.44. The highest BCUT2D eigenvalue weighted by Gasteiger charge is 2.24. The van der Waals surface area contributed by atoms with E-state index in [0.29, 0.717) is 15.1 Å². The number of pyridine rings is 1. The number of aliphatic carboxylic acids is 1. The average molecular weight is 499 g/mol. The number of hydrogen-bond acceptors (Lipinski definition) is 7. The molecule has 5 rings (SSSR count). The van der Waals surface area contributed by atoms with Gasteiger partial charge in [-0.05, 0) is 62.4 Å². The standard InChI is InChI=1S/C24H19FN2O5S2/c1-11(24(31)32)33-18-8-12(20(29)15-9-13(25)6-7-16(15)28)10-27-21(18)26-22-19(23(27)30)14-4-2-3-5-17(14)34-22/h6-11,28H,2-5H2,1H3,(H,31,32). The third-order valence-corrected chi connectivity index (χ3v) is 8.21. The topological polar surface area (TPSA) is 109 Å². The molecule has 7 nitrogen and oxygen atoms in total. The first-order valence-corrected chi connectivity index (χ1v) is 12.4. The molecule has 0 saturated carbocycles. The maximum atomic E-state index is 13.8. The van der Waals surface area contributed by atoms with E-state index in [1.807, 2.05) is 0 Å². The van der Waals surface area contributed by atoms with Crippen LogP contribution in [0.5, 0.6) is 5.75 Å². The van der Waals surface area contributed by atoms with Crippen molar-refractivity contribution in [2.75, 3.05) is 0 Å². The molecule has 0 amide bonds. The number of phenolic OH excluding ortho intramolecular Hbond substituents is 1. The number of thiophene rings is 1. The van der Waals surface area contributed by atoms with Crippen LogP contribution in [0.1, 0.15) is 46.1 Å². The summed E-state index contributed by atoms with van der Waals surface area (Å²) in [6.45, 7) is 1.50. The molecule has 4 aromatic rings. The van der Waals surface area contributed by atoms with E-state index in [9.17, 15) is 29.0 Å². The fourth-order valence-electron chi connectivity index (χ4n) is 4.19. The number of rotatable bonds is 5. The molecule has 1 aliphatic rings. The second-order valence-corrected chi connectivity index (χ2v) is 10.6. The van der Waals surface area contributed by atoms with Crippen molar-refractivity contribution in [3.8, 4) is 5.75 Å². The number of thioether (sulfide) groups is 1. The Kier molecular flexibility index (Phi) is 5.65. The minimum atomic E-state index is -1.06. The number of hydrogen-bond donors (Lipinski definition) is 2. The Morgan fingerprint density at radius 3 is 2.76 bits per heavy atom. The Labute approximate surface area is 200 Å². The number of ketones is 1. The summed E-state index contributed by atoms with van der Waals surface area (Å²) in [5, 5.41) is 19.2. The first-order valence-electron chi connectivity index (χ1n) is 10.7. The minimum Gasteiger partial charge on any atom is -0.507 e. The smallest absolute Gasteiger partial charge is 0.316 e. The van der Waals surface area contributed by atoms with Crippen molar-refractivity contribution in [2.45, 2.75) is 42.8 Å². The van der Waals surface area contributed by atoms with Crippen LogP contribution < -0.4 is 5.56 Å². The van der Waals surface area contributed by atoms with Crippen LogP contribution in [0.15, 0.2) is 40.2 Å². The van der Waals surface area contributed by atoms with Gasteiger partial charge >= 0.3 is 5.97 Å². The molecule has 34 heavy (non-hydrogen) atoms. The van der Waals surface area contributed by atoms with E-state index in [1.54, 1.807) is 0 Å². The molecule has 0 radical (unpaired) electrons. The van der Waals surface area contributed by atoms with Crippen LogP contribution in [0.3, 0.4) is 0 Å². The van der Waals surface area contributed by atoms with E-state index in [0.717, 1.165) is 66.1 Å². The predicted octanol–water partition coefficient (Wildman–Crippen LogP) is 4.43. The summed E-state index contributed by atoms with van der Waals surface area (Å²) in [6, 6.07) is 4.49. The molecule has 1 atom stereocenters. The summed E-state index contributed by atoms with van der Waals surface area (Å²) < 4.78 is 15.1. The zero-order valence-corrected chi connectivity index (χ0v) is 19.6. The van der Waals surface area contributed by atoms with Gasteiger partial charge in [-0.15, -0.1) is 23.1 Å². The van der Waals surface area contributed by atoms with Gasteiger partial charge in [0.05, 0.1) is 15.8 Å². The monoisotopic (exact) mass is 498 g/mol. The van der Waals surface area contributed by atoms with Crippen molar-refractivity contribution in [1.82, 2.24) is 9.38 Å². The van der Waals surface area contributed by atoms with Gasteiger partial charge in [0.15, 0.2) is 11.4 Å². The van der Waals surface area contributed by atoms with Crippen LogP contribution in [-0.4, -0.2) is 36.6 Å². The molecule has 3 aromatic heterocycles. The second kappa shape index (κ2) is 8.52. The summed E-state index contributed by atoms with van der Waals surface area (Å²) in [5.41, 5.74) is 0.680. The van der Waals surface area contributed by atoms with E-state index in [4.69, 9.17) is 4.98 Å². The summed E-state index contributed by atoms with van der Waals surface area (Å²) in [4.78, 5) is 45.1. The Morgan fingerprint density at radius 2 is 2.00 bits per heavy atom. The first-order chi connectivity index (χ1) is 16.2. The van der Waals surface area contributed by atoms with Crippen LogP contribution in [0, 0.1) is 5.82 Å². The lowest BCUT2D eigenvalue weighted by Gasteiger charge is -2.13.